The van der Waals surface area contributed by atoms with Crippen LogP contribution < -0.4 is 9.47 Å². The fourth-order valence-corrected chi connectivity index (χ4v) is 3.38. The van der Waals surface area contributed by atoms with Gasteiger partial charge in [0.15, 0.2) is 18.3 Å². The van der Waals surface area contributed by atoms with Crippen molar-refractivity contribution >= 4 is 18.1 Å². The molecule has 0 aliphatic rings. The number of hydrogen-bond donors (Lipinski definition) is 0. The monoisotopic (exact) mass is 464 g/mol. The third-order valence-electron chi connectivity index (χ3n) is 5.26. The molecule has 0 bridgehead atoms. The van der Waals surface area contributed by atoms with E-state index in [2.05, 4.69) is 39.0 Å². The van der Waals surface area contributed by atoms with E-state index in [4.69, 9.17) is 18.9 Å². The fourth-order valence-electron chi connectivity index (χ4n) is 3.38. The second-order valence-electron chi connectivity index (χ2n) is 8.28. The van der Waals surface area contributed by atoms with Gasteiger partial charge in [0, 0.05) is 12.7 Å². The second kappa shape index (κ2) is 14.1. The summed E-state index contributed by atoms with van der Waals surface area (Å²) < 4.78 is 21.4. The molecule has 34 heavy (non-hydrogen) atoms. The molecule has 0 atom stereocenters. The SMILES string of the molecule is COCOc1c(CC=C(C)CCC=C(C)C)cc(C=Cc2ccc(C(=O)OC)cc2)cc1OC. The maximum atomic E-state index is 11.6. The van der Waals surface area contributed by atoms with Crippen LogP contribution in [0.5, 0.6) is 11.5 Å². The summed E-state index contributed by atoms with van der Waals surface area (Å²) in [7, 11) is 4.61. The van der Waals surface area contributed by atoms with Gasteiger partial charge in [-0.2, -0.15) is 0 Å². The Morgan fingerprint density at radius 2 is 1.62 bits per heavy atom. The summed E-state index contributed by atoms with van der Waals surface area (Å²) in [6.45, 7) is 6.55. The zero-order valence-corrected chi connectivity index (χ0v) is 21.1. The molecule has 0 unspecified atom stereocenters. The van der Waals surface area contributed by atoms with E-state index < -0.39 is 0 Å². The van der Waals surface area contributed by atoms with Crippen LogP contribution in [-0.2, 0) is 15.9 Å². The molecule has 0 saturated carbocycles. The summed E-state index contributed by atoms with van der Waals surface area (Å²) in [5.74, 6) is 1.00. The van der Waals surface area contributed by atoms with E-state index in [1.165, 1.54) is 18.3 Å². The number of carbonyl (C=O) groups excluding carboxylic acids is 1. The number of hydrogen-bond acceptors (Lipinski definition) is 5. The Labute approximate surface area is 203 Å². The third-order valence-corrected chi connectivity index (χ3v) is 5.26. The molecule has 0 saturated heterocycles. The van der Waals surface area contributed by atoms with Crippen LogP contribution >= 0.6 is 0 Å². The molecule has 0 amide bonds. The van der Waals surface area contributed by atoms with Crippen molar-refractivity contribution in [2.24, 2.45) is 0 Å². The first-order valence-electron chi connectivity index (χ1n) is 11.4. The van der Waals surface area contributed by atoms with E-state index >= 15 is 0 Å². The molecule has 182 valence electrons. The average Bonchev–Trinajstić information content (AvgIpc) is 2.84. The minimum atomic E-state index is -0.347. The molecule has 0 N–H and O–H groups in total. The normalized spacial score (nSPS) is 11.4. The Balaban J connectivity index is 2.29. The first-order chi connectivity index (χ1) is 16.4. The highest BCUT2D eigenvalue weighted by Gasteiger charge is 2.12. The molecule has 0 aromatic heterocycles. The molecule has 0 aliphatic carbocycles. The zero-order valence-electron chi connectivity index (χ0n) is 21.1. The van der Waals surface area contributed by atoms with Crippen molar-refractivity contribution in [3.63, 3.8) is 0 Å². The Hall–Kier alpha value is -3.31. The molecule has 5 nitrogen and oxygen atoms in total. The average molecular weight is 465 g/mol. The van der Waals surface area contributed by atoms with Gasteiger partial charge in [0.05, 0.1) is 19.8 Å². The van der Waals surface area contributed by atoms with Gasteiger partial charge in [-0.15, -0.1) is 0 Å². The molecular formula is C29H36O5. The van der Waals surface area contributed by atoms with Gasteiger partial charge in [0.1, 0.15) is 0 Å². The first-order valence-corrected chi connectivity index (χ1v) is 11.4. The van der Waals surface area contributed by atoms with Crippen LogP contribution in [0.2, 0.25) is 0 Å². The van der Waals surface area contributed by atoms with Crippen LogP contribution in [0, 0.1) is 0 Å². The lowest BCUT2D eigenvalue weighted by Crippen LogP contribution is -2.04. The number of ether oxygens (including phenoxy) is 4. The maximum absolute atomic E-state index is 11.6. The molecule has 0 fully saturated rings. The topological polar surface area (TPSA) is 54.0 Å². The van der Waals surface area contributed by atoms with Crippen molar-refractivity contribution in [3.05, 3.63) is 82.0 Å². The predicted molar refractivity (Wildman–Crippen MR) is 138 cm³/mol. The fraction of sp³-hybridized carbons (Fsp3) is 0.345. The van der Waals surface area contributed by atoms with Crippen molar-refractivity contribution in [1.82, 2.24) is 0 Å². The Bertz CT molecular complexity index is 1030. The van der Waals surface area contributed by atoms with Gasteiger partial charge in [-0.3, -0.25) is 0 Å². The maximum Gasteiger partial charge on any atom is 0.337 e. The molecule has 2 rings (SSSR count). The van der Waals surface area contributed by atoms with Crippen molar-refractivity contribution in [2.45, 2.75) is 40.0 Å². The van der Waals surface area contributed by atoms with Gasteiger partial charge in [-0.25, -0.2) is 4.79 Å². The quantitative estimate of drug-likeness (QED) is 0.148. The molecule has 0 radical (unpaired) electrons. The molecule has 0 spiro atoms. The van der Waals surface area contributed by atoms with Gasteiger partial charge in [0.25, 0.3) is 0 Å². The highest BCUT2D eigenvalue weighted by molar-refractivity contribution is 5.89. The number of esters is 1. The van der Waals surface area contributed by atoms with Crippen LogP contribution in [0.25, 0.3) is 12.2 Å². The van der Waals surface area contributed by atoms with Crippen LogP contribution in [0.1, 0.15) is 60.7 Å². The number of rotatable bonds is 12. The Morgan fingerprint density at radius 1 is 0.912 bits per heavy atom. The van der Waals surface area contributed by atoms with Crippen LogP contribution in [0.15, 0.2) is 59.7 Å². The van der Waals surface area contributed by atoms with Crippen molar-refractivity contribution < 1.29 is 23.7 Å². The lowest BCUT2D eigenvalue weighted by molar-refractivity contribution is 0.0485. The smallest absolute Gasteiger partial charge is 0.337 e. The van der Waals surface area contributed by atoms with Gasteiger partial charge < -0.3 is 18.9 Å². The van der Waals surface area contributed by atoms with E-state index in [0.717, 1.165) is 36.0 Å². The lowest BCUT2D eigenvalue weighted by Gasteiger charge is -2.15. The summed E-state index contributed by atoms with van der Waals surface area (Å²) in [6, 6.07) is 11.3. The third kappa shape index (κ3) is 8.56. The summed E-state index contributed by atoms with van der Waals surface area (Å²) >= 11 is 0. The summed E-state index contributed by atoms with van der Waals surface area (Å²) in [5.41, 5.74) is 6.19. The van der Waals surface area contributed by atoms with E-state index in [1.54, 1.807) is 26.4 Å². The van der Waals surface area contributed by atoms with Crippen molar-refractivity contribution in [1.29, 1.82) is 0 Å². The van der Waals surface area contributed by atoms with Gasteiger partial charge in [0.2, 0.25) is 0 Å². The van der Waals surface area contributed by atoms with Crippen LogP contribution in [-0.4, -0.2) is 34.1 Å². The number of methoxy groups -OCH3 is 3. The van der Waals surface area contributed by atoms with Crippen LogP contribution in [0.4, 0.5) is 0 Å². The Kier molecular flexibility index (Phi) is 11.1. The van der Waals surface area contributed by atoms with E-state index in [-0.39, 0.29) is 12.8 Å². The van der Waals surface area contributed by atoms with Crippen molar-refractivity contribution in [3.8, 4) is 11.5 Å². The number of allylic oxidation sites excluding steroid dienone is 4. The van der Waals surface area contributed by atoms with Gasteiger partial charge in [-0.05, 0) is 75.4 Å². The summed E-state index contributed by atoms with van der Waals surface area (Å²) in [5, 5.41) is 0. The molecule has 2 aromatic carbocycles. The molecular weight excluding hydrogens is 428 g/mol. The molecule has 0 heterocycles. The van der Waals surface area contributed by atoms with Gasteiger partial charge >= 0.3 is 5.97 Å². The highest BCUT2D eigenvalue weighted by Crippen LogP contribution is 2.34. The lowest BCUT2D eigenvalue weighted by atomic mass is 10.0. The van der Waals surface area contributed by atoms with E-state index in [1.807, 2.05) is 30.4 Å². The minimum Gasteiger partial charge on any atom is -0.493 e. The standard InChI is InChI=1S/C29H36O5/c1-21(2)8-7-9-22(3)10-15-26-18-24(19-27(32-5)28(26)34-20-31-4)12-11-23-13-16-25(17-14-23)29(30)33-6/h8,10-14,16-19H,7,9,15,20H2,1-6H3. The molecule has 2 aromatic rings. The predicted octanol–water partition coefficient (Wildman–Crippen LogP) is 6.87. The zero-order chi connectivity index (χ0) is 24.9. The molecule has 5 heteroatoms. The van der Waals surface area contributed by atoms with E-state index in [0.29, 0.717) is 17.1 Å². The first kappa shape index (κ1) is 26.9. The number of benzene rings is 2. The van der Waals surface area contributed by atoms with Gasteiger partial charge in [-0.1, -0.05) is 47.6 Å². The highest BCUT2D eigenvalue weighted by atomic mass is 16.7. The second-order valence-corrected chi connectivity index (χ2v) is 8.28. The Morgan fingerprint density at radius 3 is 2.24 bits per heavy atom. The van der Waals surface area contributed by atoms with Crippen molar-refractivity contribution in [2.75, 3.05) is 28.1 Å². The largest absolute Gasteiger partial charge is 0.493 e. The summed E-state index contributed by atoms with van der Waals surface area (Å²) in [6.07, 6.45) is 11.3. The van der Waals surface area contributed by atoms with Crippen LogP contribution in [0.3, 0.4) is 0 Å². The van der Waals surface area contributed by atoms with E-state index in [9.17, 15) is 4.79 Å². The molecule has 0 aliphatic heterocycles. The minimum absolute atomic E-state index is 0.147. The number of carbonyl (C=O) groups is 1. The summed E-state index contributed by atoms with van der Waals surface area (Å²) in [4.78, 5) is 11.6.